The molecule has 1 amide bonds. The fourth-order valence-corrected chi connectivity index (χ4v) is 1.58. The topological polar surface area (TPSA) is 46.3 Å². The number of benzene rings is 1. The van der Waals surface area contributed by atoms with Crippen molar-refractivity contribution in [1.82, 2.24) is 4.90 Å². The normalized spacial score (nSPS) is 12.5. The minimum atomic E-state index is 0.0570. The van der Waals surface area contributed by atoms with Gasteiger partial charge in [-0.15, -0.1) is 0 Å². The van der Waals surface area contributed by atoms with Gasteiger partial charge in [-0.3, -0.25) is 4.79 Å². The predicted molar refractivity (Wildman–Crippen MR) is 70.8 cm³/mol. The van der Waals surface area contributed by atoms with Crippen LogP contribution in [0.25, 0.3) is 0 Å². The van der Waals surface area contributed by atoms with Crippen molar-refractivity contribution in [1.29, 1.82) is 0 Å². The minimum Gasteiger partial charge on any atom is -0.342 e. The Bertz CT molecular complexity index is 348. The van der Waals surface area contributed by atoms with Crippen molar-refractivity contribution < 1.29 is 4.79 Å². The first kappa shape index (κ1) is 13.7. The van der Waals surface area contributed by atoms with Crippen LogP contribution in [-0.4, -0.2) is 30.4 Å². The summed E-state index contributed by atoms with van der Waals surface area (Å²) >= 11 is 0. The molecule has 0 aliphatic rings. The summed E-state index contributed by atoms with van der Waals surface area (Å²) in [6.45, 7) is 4.90. The Morgan fingerprint density at radius 1 is 1.29 bits per heavy atom. The molecule has 1 rings (SSSR count). The summed E-state index contributed by atoms with van der Waals surface area (Å²) < 4.78 is 0. The second-order valence-electron chi connectivity index (χ2n) is 4.79. The molecule has 0 bridgehead atoms. The number of amides is 1. The third kappa shape index (κ3) is 4.19. The molecule has 3 nitrogen and oxygen atoms in total. The third-order valence-corrected chi connectivity index (χ3v) is 3.02. The summed E-state index contributed by atoms with van der Waals surface area (Å²) in [5.74, 6) is 0.511. The number of hydrogen-bond donors (Lipinski definition) is 1. The van der Waals surface area contributed by atoms with E-state index in [9.17, 15) is 4.79 Å². The van der Waals surface area contributed by atoms with Crippen LogP contribution in [0.5, 0.6) is 0 Å². The molecule has 0 fully saturated rings. The summed E-state index contributed by atoms with van der Waals surface area (Å²) in [5.41, 5.74) is 6.70. The van der Waals surface area contributed by atoms with Crippen molar-refractivity contribution in [2.24, 2.45) is 11.7 Å². The molecule has 1 aromatic rings. The Balaban J connectivity index is 2.48. The van der Waals surface area contributed by atoms with E-state index in [1.54, 1.807) is 4.90 Å². The van der Waals surface area contributed by atoms with Crippen LogP contribution in [0.3, 0.4) is 0 Å². The number of hydrogen-bond acceptors (Lipinski definition) is 2. The maximum atomic E-state index is 12.0. The van der Waals surface area contributed by atoms with Crippen molar-refractivity contribution in [2.45, 2.75) is 26.3 Å². The van der Waals surface area contributed by atoms with E-state index >= 15 is 0 Å². The maximum Gasteiger partial charge on any atom is 0.253 e. The number of carbonyl (C=O) groups excluding carboxylic acids is 1. The lowest BCUT2D eigenvalue weighted by Crippen LogP contribution is -2.34. The predicted octanol–water partition coefficient (Wildman–Crippen LogP) is 2.13. The van der Waals surface area contributed by atoms with E-state index in [2.05, 4.69) is 13.8 Å². The molecule has 0 spiro atoms. The Labute approximate surface area is 104 Å². The maximum absolute atomic E-state index is 12.0. The molecule has 0 aliphatic carbocycles. The van der Waals surface area contributed by atoms with E-state index in [4.69, 9.17) is 5.73 Å². The molecule has 0 saturated carbocycles. The summed E-state index contributed by atoms with van der Waals surface area (Å²) in [5, 5.41) is 0. The average Bonchev–Trinajstić information content (AvgIpc) is 2.35. The molecule has 1 atom stereocenters. The average molecular weight is 234 g/mol. The molecule has 0 heterocycles. The van der Waals surface area contributed by atoms with Gasteiger partial charge in [0.05, 0.1) is 0 Å². The zero-order chi connectivity index (χ0) is 12.8. The van der Waals surface area contributed by atoms with Crippen molar-refractivity contribution in [2.75, 3.05) is 13.6 Å². The molecule has 1 unspecified atom stereocenters. The highest BCUT2D eigenvalue weighted by molar-refractivity contribution is 5.93. The first-order valence-electron chi connectivity index (χ1n) is 6.08. The third-order valence-electron chi connectivity index (χ3n) is 3.02. The largest absolute Gasteiger partial charge is 0.342 e. The molecule has 2 N–H and O–H groups in total. The number of nitrogens with two attached hydrogens (primary N) is 1. The summed E-state index contributed by atoms with van der Waals surface area (Å²) in [7, 11) is 1.82. The van der Waals surface area contributed by atoms with E-state index in [1.807, 2.05) is 37.4 Å². The van der Waals surface area contributed by atoms with Crippen LogP contribution in [0.2, 0.25) is 0 Å². The van der Waals surface area contributed by atoms with Gasteiger partial charge in [0.25, 0.3) is 5.91 Å². The highest BCUT2D eigenvalue weighted by atomic mass is 16.2. The Hall–Kier alpha value is -1.35. The Kier molecular flexibility index (Phi) is 5.16. The van der Waals surface area contributed by atoms with Gasteiger partial charge < -0.3 is 10.6 Å². The standard InChI is InChI=1S/C14H22N2O/c1-11(2)13(15)9-10-16(3)14(17)12-7-5-4-6-8-12/h4-8,11,13H,9-10,15H2,1-3H3. The molecule has 0 saturated heterocycles. The quantitative estimate of drug-likeness (QED) is 0.848. The molecule has 94 valence electrons. The molecule has 3 heteroatoms. The van der Waals surface area contributed by atoms with E-state index < -0.39 is 0 Å². The molecule has 0 aliphatic heterocycles. The first-order valence-corrected chi connectivity index (χ1v) is 6.08. The molecular formula is C14H22N2O. The van der Waals surface area contributed by atoms with E-state index in [0.717, 1.165) is 12.0 Å². The number of carbonyl (C=O) groups is 1. The molecule has 0 radical (unpaired) electrons. The zero-order valence-electron chi connectivity index (χ0n) is 10.9. The van der Waals surface area contributed by atoms with Crippen LogP contribution >= 0.6 is 0 Å². The van der Waals surface area contributed by atoms with Gasteiger partial charge >= 0.3 is 0 Å². The van der Waals surface area contributed by atoms with Gasteiger partial charge in [-0.25, -0.2) is 0 Å². The van der Waals surface area contributed by atoms with Crippen LogP contribution in [0.4, 0.5) is 0 Å². The van der Waals surface area contributed by atoms with Crippen LogP contribution < -0.4 is 5.73 Å². The number of rotatable bonds is 5. The lowest BCUT2D eigenvalue weighted by Gasteiger charge is -2.21. The Morgan fingerprint density at radius 3 is 2.41 bits per heavy atom. The van der Waals surface area contributed by atoms with Crippen molar-refractivity contribution in [3.63, 3.8) is 0 Å². The van der Waals surface area contributed by atoms with Gasteiger partial charge in [0.1, 0.15) is 0 Å². The second kappa shape index (κ2) is 6.40. The minimum absolute atomic E-state index is 0.0570. The molecular weight excluding hydrogens is 212 g/mol. The van der Waals surface area contributed by atoms with Gasteiger partial charge in [0.2, 0.25) is 0 Å². The summed E-state index contributed by atoms with van der Waals surface area (Å²) in [6.07, 6.45) is 0.840. The van der Waals surface area contributed by atoms with Gasteiger partial charge in [-0.1, -0.05) is 32.0 Å². The van der Waals surface area contributed by atoms with Gasteiger partial charge in [-0.2, -0.15) is 0 Å². The van der Waals surface area contributed by atoms with Crippen LogP contribution in [0, 0.1) is 5.92 Å². The van der Waals surface area contributed by atoms with Crippen molar-refractivity contribution in [3.05, 3.63) is 35.9 Å². The summed E-state index contributed by atoms with van der Waals surface area (Å²) in [6, 6.07) is 9.48. The SMILES string of the molecule is CC(C)C(N)CCN(C)C(=O)c1ccccc1. The van der Waals surface area contributed by atoms with Gasteiger partial charge in [-0.05, 0) is 24.5 Å². The van der Waals surface area contributed by atoms with Crippen molar-refractivity contribution in [3.8, 4) is 0 Å². The summed E-state index contributed by atoms with van der Waals surface area (Å²) in [4.78, 5) is 13.7. The second-order valence-corrected chi connectivity index (χ2v) is 4.79. The van der Waals surface area contributed by atoms with Crippen molar-refractivity contribution >= 4 is 5.91 Å². The lowest BCUT2D eigenvalue weighted by molar-refractivity contribution is 0.0789. The van der Waals surface area contributed by atoms with E-state index in [-0.39, 0.29) is 11.9 Å². The smallest absolute Gasteiger partial charge is 0.253 e. The van der Waals surface area contributed by atoms with E-state index in [0.29, 0.717) is 12.5 Å². The van der Waals surface area contributed by atoms with Crippen LogP contribution in [0.1, 0.15) is 30.6 Å². The van der Waals surface area contributed by atoms with Crippen LogP contribution in [0.15, 0.2) is 30.3 Å². The first-order chi connectivity index (χ1) is 8.02. The zero-order valence-corrected chi connectivity index (χ0v) is 10.9. The monoisotopic (exact) mass is 234 g/mol. The van der Waals surface area contributed by atoms with Gasteiger partial charge in [0.15, 0.2) is 0 Å². The highest BCUT2D eigenvalue weighted by Crippen LogP contribution is 2.07. The van der Waals surface area contributed by atoms with Gasteiger partial charge in [0, 0.05) is 25.2 Å². The molecule has 17 heavy (non-hydrogen) atoms. The Morgan fingerprint density at radius 2 is 1.88 bits per heavy atom. The fourth-order valence-electron chi connectivity index (χ4n) is 1.58. The number of nitrogens with zero attached hydrogens (tertiary/aromatic N) is 1. The highest BCUT2D eigenvalue weighted by Gasteiger charge is 2.13. The lowest BCUT2D eigenvalue weighted by atomic mass is 10.0. The molecule has 1 aromatic carbocycles. The van der Waals surface area contributed by atoms with Crippen LogP contribution in [-0.2, 0) is 0 Å². The fraction of sp³-hybridized carbons (Fsp3) is 0.500. The van der Waals surface area contributed by atoms with E-state index in [1.165, 1.54) is 0 Å². The molecule has 0 aromatic heterocycles.